The zero-order chi connectivity index (χ0) is 17.7. The van der Waals surface area contributed by atoms with Crippen molar-refractivity contribution < 1.29 is 9.59 Å². The molecule has 0 saturated carbocycles. The molecule has 2 aromatic heterocycles. The third-order valence-corrected chi connectivity index (χ3v) is 5.31. The average Bonchev–Trinajstić information content (AvgIpc) is 2.87. The summed E-state index contributed by atoms with van der Waals surface area (Å²) in [7, 11) is 0. The highest BCUT2D eigenvalue weighted by Crippen LogP contribution is 2.31. The lowest BCUT2D eigenvalue weighted by molar-refractivity contribution is -0.115. The van der Waals surface area contributed by atoms with Gasteiger partial charge in [0.1, 0.15) is 5.69 Å². The van der Waals surface area contributed by atoms with Crippen molar-refractivity contribution >= 4 is 40.0 Å². The van der Waals surface area contributed by atoms with Gasteiger partial charge >= 0.3 is 0 Å². The normalized spacial score (nSPS) is 10.6. The van der Waals surface area contributed by atoms with E-state index in [2.05, 4.69) is 15.4 Å². The first kappa shape index (κ1) is 18.1. The predicted molar refractivity (Wildman–Crippen MR) is 93.5 cm³/mol. The van der Waals surface area contributed by atoms with Gasteiger partial charge in [0.2, 0.25) is 5.91 Å². The van der Waals surface area contributed by atoms with E-state index in [-0.39, 0.29) is 17.0 Å². The molecule has 3 N–H and O–H groups in total. The number of carbonyl (C=O) groups is 2. The number of thioether (sulfide) groups is 1. The number of amides is 2. The van der Waals surface area contributed by atoms with Crippen LogP contribution in [0.2, 0.25) is 0 Å². The molecule has 24 heavy (non-hydrogen) atoms. The predicted octanol–water partition coefficient (Wildman–Crippen LogP) is 1.25. The van der Waals surface area contributed by atoms with E-state index in [4.69, 9.17) is 5.73 Å². The maximum absolute atomic E-state index is 12.3. The van der Waals surface area contributed by atoms with Crippen molar-refractivity contribution in [3.8, 4) is 0 Å². The maximum atomic E-state index is 12.3. The molecule has 0 fully saturated rings. The van der Waals surface area contributed by atoms with Crippen LogP contribution in [0.3, 0.4) is 0 Å². The lowest BCUT2D eigenvalue weighted by Crippen LogP contribution is -2.26. The monoisotopic (exact) mass is 367 g/mol. The Morgan fingerprint density at radius 3 is 2.83 bits per heavy atom. The molecule has 2 rings (SSSR count). The summed E-state index contributed by atoms with van der Waals surface area (Å²) in [6.45, 7) is 4.16. The summed E-state index contributed by atoms with van der Waals surface area (Å²) < 4.78 is 2.07. The molecule has 0 spiro atoms. The van der Waals surface area contributed by atoms with Crippen LogP contribution in [0.15, 0.2) is 21.1 Å². The number of rotatable bonds is 7. The molecule has 0 bridgehead atoms. The third kappa shape index (κ3) is 4.65. The lowest BCUT2D eigenvalue weighted by atomic mass is 10.3. The fraction of sp³-hybridized carbons (Fsp3) is 0.357. The summed E-state index contributed by atoms with van der Waals surface area (Å²) >= 11 is 2.54. The highest BCUT2D eigenvalue weighted by Gasteiger charge is 2.14. The van der Waals surface area contributed by atoms with E-state index >= 15 is 0 Å². The van der Waals surface area contributed by atoms with Gasteiger partial charge in [-0.05, 0) is 19.4 Å². The molecule has 2 heterocycles. The van der Waals surface area contributed by atoms with Gasteiger partial charge in [-0.2, -0.15) is 5.10 Å². The topological polar surface area (TPSA) is 120 Å². The fourth-order valence-corrected chi connectivity index (χ4v) is 3.68. The Labute approximate surface area is 146 Å². The summed E-state index contributed by atoms with van der Waals surface area (Å²) in [5.74, 6) is -0.708. The van der Waals surface area contributed by atoms with E-state index in [9.17, 15) is 14.4 Å². The number of nitrogens with zero attached hydrogens (tertiary/aromatic N) is 3. The number of aromatic nitrogens is 3. The van der Waals surface area contributed by atoms with Crippen molar-refractivity contribution in [2.75, 3.05) is 11.1 Å². The molecular formula is C14H17N5O3S2. The van der Waals surface area contributed by atoms with E-state index in [0.29, 0.717) is 17.4 Å². The van der Waals surface area contributed by atoms with Crippen LogP contribution in [0.25, 0.3) is 0 Å². The van der Waals surface area contributed by atoms with Gasteiger partial charge in [-0.25, -0.2) is 9.67 Å². The van der Waals surface area contributed by atoms with E-state index in [1.807, 2.05) is 6.92 Å². The number of hydrogen-bond donors (Lipinski definition) is 2. The minimum absolute atomic E-state index is 0.141. The quantitative estimate of drug-likeness (QED) is 0.711. The van der Waals surface area contributed by atoms with Gasteiger partial charge in [0.05, 0.1) is 15.7 Å². The molecule has 0 aliphatic heterocycles. The van der Waals surface area contributed by atoms with Crippen LogP contribution in [0.1, 0.15) is 29.5 Å². The number of primary amides is 1. The second kappa shape index (κ2) is 8.06. The van der Waals surface area contributed by atoms with Gasteiger partial charge in [0, 0.05) is 12.6 Å². The van der Waals surface area contributed by atoms with Crippen LogP contribution in [0.4, 0.5) is 5.13 Å². The van der Waals surface area contributed by atoms with Crippen molar-refractivity contribution in [1.82, 2.24) is 14.8 Å². The average molecular weight is 367 g/mol. The number of aryl methyl sites for hydroxylation is 2. The van der Waals surface area contributed by atoms with Crippen LogP contribution < -0.4 is 16.6 Å². The van der Waals surface area contributed by atoms with Crippen molar-refractivity contribution in [3.63, 3.8) is 0 Å². The second-order valence-electron chi connectivity index (χ2n) is 4.88. The Hall–Kier alpha value is -2.20. The zero-order valence-corrected chi connectivity index (χ0v) is 14.9. The van der Waals surface area contributed by atoms with E-state index < -0.39 is 11.8 Å². The minimum Gasteiger partial charge on any atom is -0.369 e. The maximum Gasteiger partial charge on any atom is 0.277 e. The summed E-state index contributed by atoms with van der Waals surface area (Å²) in [4.78, 5) is 39.0. The van der Waals surface area contributed by atoms with Crippen molar-refractivity contribution in [2.45, 2.75) is 31.0 Å². The first-order valence-electron chi connectivity index (χ1n) is 7.18. The first-order chi connectivity index (χ1) is 11.4. The van der Waals surface area contributed by atoms with Gasteiger partial charge in [-0.3, -0.25) is 19.7 Å². The summed E-state index contributed by atoms with van der Waals surface area (Å²) in [5.41, 5.74) is 5.73. The molecule has 0 saturated heterocycles. The molecule has 0 aliphatic carbocycles. The molecule has 0 aliphatic rings. The number of hydrogen-bond acceptors (Lipinski definition) is 7. The lowest BCUT2D eigenvalue weighted by Gasteiger charge is -2.05. The molecule has 0 radical (unpaired) electrons. The number of anilines is 1. The first-order valence-corrected chi connectivity index (χ1v) is 8.99. The van der Waals surface area contributed by atoms with Crippen LogP contribution in [-0.2, 0) is 11.3 Å². The van der Waals surface area contributed by atoms with Gasteiger partial charge in [0.25, 0.3) is 11.5 Å². The van der Waals surface area contributed by atoms with Crippen LogP contribution in [0.5, 0.6) is 0 Å². The van der Waals surface area contributed by atoms with Crippen LogP contribution >= 0.6 is 23.1 Å². The van der Waals surface area contributed by atoms with Crippen LogP contribution in [-0.4, -0.2) is 32.3 Å². The van der Waals surface area contributed by atoms with Crippen molar-refractivity contribution in [2.24, 2.45) is 5.73 Å². The van der Waals surface area contributed by atoms with Gasteiger partial charge in [-0.15, -0.1) is 11.8 Å². The molecule has 0 aromatic carbocycles. The van der Waals surface area contributed by atoms with Crippen molar-refractivity contribution in [1.29, 1.82) is 0 Å². The van der Waals surface area contributed by atoms with E-state index in [0.717, 1.165) is 10.6 Å². The summed E-state index contributed by atoms with van der Waals surface area (Å²) in [5, 5.41) is 7.11. The molecule has 128 valence electrons. The Balaban J connectivity index is 2.12. The fourth-order valence-electron chi connectivity index (χ4n) is 1.81. The zero-order valence-electron chi connectivity index (χ0n) is 13.2. The molecule has 2 amide bonds. The van der Waals surface area contributed by atoms with Crippen LogP contribution in [0, 0.1) is 6.92 Å². The molecule has 10 heteroatoms. The Kier molecular flexibility index (Phi) is 6.10. The number of nitrogens with two attached hydrogens (primary N) is 1. The molecule has 0 unspecified atom stereocenters. The van der Waals surface area contributed by atoms with Gasteiger partial charge < -0.3 is 5.73 Å². The number of carbonyl (C=O) groups excluding carboxylic acids is 2. The third-order valence-electron chi connectivity index (χ3n) is 2.85. The van der Waals surface area contributed by atoms with E-state index in [1.165, 1.54) is 39.9 Å². The standard InChI is InChI=1S/C14H17N5O3S2/c1-3-6-19-11(21)5-4-9(18-19)12(22)17-14-16-8(2)13(24-14)23-7-10(15)20/h4-5H,3,6-7H2,1-2H3,(H2,15,20)(H,16,17,22). The molecular weight excluding hydrogens is 350 g/mol. The summed E-state index contributed by atoms with van der Waals surface area (Å²) in [6.07, 6.45) is 0.740. The number of nitrogens with one attached hydrogen (secondary N) is 1. The minimum atomic E-state index is -0.444. The Bertz CT molecular complexity index is 815. The van der Waals surface area contributed by atoms with Gasteiger partial charge in [0.15, 0.2) is 5.13 Å². The molecule has 8 nitrogen and oxygen atoms in total. The molecule has 0 atom stereocenters. The summed E-state index contributed by atoms with van der Waals surface area (Å²) in [6, 6.07) is 2.70. The van der Waals surface area contributed by atoms with Gasteiger partial charge in [-0.1, -0.05) is 18.3 Å². The smallest absolute Gasteiger partial charge is 0.277 e. The van der Waals surface area contributed by atoms with Crippen molar-refractivity contribution in [3.05, 3.63) is 33.9 Å². The Morgan fingerprint density at radius 1 is 1.42 bits per heavy atom. The molecule has 2 aromatic rings. The highest BCUT2D eigenvalue weighted by atomic mass is 32.2. The Morgan fingerprint density at radius 2 is 2.17 bits per heavy atom. The SMILES string of the molecule is CCCn1nc(C(=O)Nc2nc(C)c(SCC(N)=O)s2)ccc1=O. The van der Waals surface area contributed by atoms with E-state index in [1.54, 1.807) is 6.92 Å². The highest BCUT2D eigenvalue weighted by molar-refractivity contribution is 8.01. The second-order valence-corrected chi connectivity index (χ2v) is 7.12. The number of thiazole rings is 1. The largest absolute Gasteiger partial charge is 0.369 e.